The van der Waals surface area contributed by atoms with Crippen LogP contribution in [0.25, 0.3) is 0 Å². The highest BCUT2D eigenvalue weighted by atomic mass is 19.1. The number of carbonyl (C=O) groups excluding carboxylic acids is 2. The molecule has 1 aromatic rings. The zero-order chi connectivity index (χ0) is 12.1. The SMILES string of the molecule is CCOC(=O)C(=O)c1cccc(F)c1C#N. The number of rotatable bonds is 3. The van der Waals surface area contributed by atoms with Gasteiger partial charge in [-0.1, -0.05) is 6.07 Å². The van der Waals surface area contributed by atoms with Crippen molar-refractivity contribution in [2.75, 3.05) is 6.61 Å². The van der Waals surface area contributed by atoms with E-state index in [9.17, 15) is 14.0 Å². The first kappa shape index (κ1) is 11.9. The van der Waals surface area contributed by atoms with Crippen molar-refractivity contribution in [3.63, 3.8) is 0 Å². The number of hydrogen-bond acceptors (Lipinski definition) is 4. The van der Waals surface area contributed by atoms with E-state index in [1.54, 1.807) is 6.92 Å². The minimum absolute atomic E-state index is 0.0434. The van der Waals surface area contributed by atoms with E-state index in [4.69, 9.17) is 5.26 Å². The molecule has 0 saturated heterocycles. The fourth-order valence-corrected chi connectivity index (χ4v) is 1.13. The quantitative estimate of drug-likeness (QED) is 0.440. The number of benzene rings is 1. The molecule has 82 valence electrons. The van der Waals surface area contributed by atoms with Gasteiger partial charge in [0.15, 0.2) is 0 Å². The smallest absolute Gasteiger partial charge is 0.379 e. The highest BCUT2D eigenvalue weighted by Crippen LogP contribution is 2.13. The van der Waals surface area contributed by atoms with Crippen LogP contribution in [0.5, 0.6) is 0 Å². The molecular weight excluding hydrogens is 213 g/mol. The predicted octanol–water partition coefficient (Wildman–Crippen LogP) is 1.44. The molecule has 0 aliphatic heterocycles. The number of ketones is 1. The van der Waals surface area contributed by atoms with Crippen molar-refractivity contribution in [1.29, 1.82) is 5.26 Å². The van der Waals surface area contributed by atoms with Crippen LogP contribution in [0.1, 0.15) is 22.8 Å². The number of Topliss-reactive ketones (excluding diaryl/α,β-unsaturated/α-hetero) is 1. The van der Waals surface area contributed by atoms with Gasteiger partial charge in [-0.15, -0.1) is 0 Å². The molecule has 1 aromatic carbocycles. The minimum atomic E-state index is -1.09. The van der Waals surface area contributed by atoms with Crippen molar-refractivity contribution in [2.45, 2.75) is 6.92 Å². The average molecular weight is 221 g/mol. The Morgan fingerprint density at radius 2 is 2.19 bits per heavy atom. The van der Waals surface area contributed by atoms with Crippen molar-refractivity contribution < 1.29 is 18.7 Å². The predicted molar refractivity (Wildman–Crippen MR) is 52.1 cm³/mol. The van der Waals surface area contributed by atoms with Gasteiger partial charge in [-0.05, 0) is 19.1 Å². The van der Waals surface area contributed by atoms with Crippen LogP contribution in [0.3, 0.4) is 0 Å². The van der Waals surface area contributed by atoms with Crippen LogP contribution in [-0.2, 0) is 9.53 Å². The van der Waals surface area contributed by atoms with Gasteiger partial charge < -0.3 is 4.74 Å². The maximum Gasteiger partial charge on any atom is 0.379 e. The van der Waals surface area contributed by atoms with E-state index in [0.717, 1.165) is 6.07 Å². The van der Waals surface area contributed by atoms with Gasteiger partial charge in [0.05, 0.1) is 17.7 Å². The Balaban J connectivity index is 3.15. The van der Waals surface area contributed by atoms with Gasteiger partial charge in [0, 0.05) is 0 Å². The zero-order valence-electron chi connectivity index (χ0n) is 8.49. The summed E-state index contributed by atoms with van der Waals surface area (Å²) in [5, 5.41) is 8.67. The van der Waals surface area contributed by atoms with Crippen LogP contribution in [0.4, 0.5) is 4.39 Å². The first-order valence-electron chi connectivity index (χ1n) is 4.51. The molecule has 0 bridgehead atoms. The topological polar surface area (TPSA) is 67.2 Å². The summed E-state index contributed by atoms with van der Waals surface area (Å²) in [6.45, 7) is 1.59. The third kappa shape index (κ3) is 2.23. The number of esters is 1. The van der Waals surface area contributed by atoms with Gasteiger partial charge in [0.1, 0.15) is 11.9 Å². The van der Waals surface area contributed by atoms with Crippen LogP contribution in [0.2, 0.25) is 0 Å². The molecule has 0 radical (unpaired) electrons. The fraction of sp³-hybridized carbons (Fsp3) is 0.182. The number of nitriles is 1. The van der Waals surface area contributed by atoms with E-state index in [1.807, 2.05) is 0 Å². The van der Waals surface area contributed by atoms with Crippen molar-refractivity contribution in [3.8, 4) is 6.07 Å². The summed E-state index contributed by atoms with van der Waals surface area (Å²) in [4.78, 5) is 22.6. The van der Waals surface area contributed by atoms with Gasteiger partial charge in [-0.25, -0.2) is 9.18 Å². The van der Waals surface area contributed by atoms with Crippen molar-refractivity contribution in [2.24, 2.45) is 0 Å². The third-order valence-corrected chi connectivity index (χ3v) is 1.83. The largest absolute Gasteiger partial charge is 0.460 e. The molecule has 5 heteroatoms. The van der Waals surface area contributed by atoms with Crippen molar-refractivity contribution >= 4 is 11.8 Å². The Morgan fingerprint density at radius 3 is 2.75 bits per heavy atom. The lowest BCUT2D eigenvalue weighted by Gasteiger charge is -2.03. The second kappa shape index (κ2) is 5.03. The van der Waals surface area contributed by atoms with Crippen LogP contribution < -0.4 is 0 Å². The molecule has 0 heterocycles. The van der Waals surface area contributed by atoms with E-state index >= 15 is 0 Å². The number of halogens is 1. The maximum absolute atomic E-state index is 13.1. The molecule has 0 spiro atoms. The number of hydrogen-bond donors (Lipinski definition) is 0. The molecular formula is C11H8FNO3. The van der Waals surface area contributed by atoms with Crippen molar-refractivity contribution in [3.05, 3.63) is 35.1 Å². The third-order valence-electron chi connectivity index (χ3n) is 1.83. The van der Waals surface area contributed by atoms with Gasteiger partial charge >= 0.3 is 5.97 Å². The molecule has 1 rings (SSSR count). The second-order valence-corrected chi connectivity index (χ2v) is 2.82. The minimum Gasteiger partial charge on any atom is -0.460 e. The molecule has 0 saturated carbocycles. The lowest BCUT2D eigenvalue weighted by Crippen LogP contribution is -2.19. The highest BCUT2D eigenvalue weighted by Gasteiger charge is 2.22. The molecule has 0 aromatic heterocycles. The van der Waals surface area contributed by atoms with E-state index in [-0.39, 0.29) is 12.2 Å². The lowest BCUT2D eigenvalue weighted by atomic mass is 10.0. The molecule has 0 amide bonds. The molecule has 0 aliphatic carbocycles. The number of carbonyl (C=O) groups is 2. The lowest BCUT2D eigenvalue weighted by molar-refractivity contribution is -0.137. The van der Waals surface area contributed by atoms with E-state index in [2.05, 4.69) is 4.74 Å². The van der Waals surface area contributed by atoms with Gasteiger partial charge in [-0.2, -0.15) is 5.26 Å². The summed E-state index contributed by atoms with van der Waals surface area (Å²) >= 11 is 0. The molecule has 0 N–H and O–H groups in total. The van der Waals surface area contributed by atoms with E-state index in [1.165, 1.54) is 18.2 Å². The summed E-state index contributed by atoms with van der Waals surface area (Å²) in [6, 6.07) is 5.04. The molecule has 0 aliphatic rings. The molecule has 0 fully saturated rings. The Hall–Kier alpha value is -2.22. The summed E-state index contributed by atoms with van der Waals surface area (Å²) in [7, 11) is 0. The van der Waals surface area contributed by atoms with Gasteiger partial charge in [0.25, 0.3) is 5.78 Å². The molecule has 0 atom stereocenters. The average Bonchev–Trinajstić information content (AvgIpc) is 2.28. The summed E-state index contributed by atoms with van der Waals surface area (Å²) in [5.41, 5.74) is -0.721. The highest BCUT2D eigenvalue weighted by molar-refractivity contribution is 6.41. The number of ether oxygens (including phenoxy) is 1. The van der Waals surface area contributed by atoms with Gasteiger partial charge in [0.2, 0.25) is 0 Å². The Kier molecular flexibility index (Phi) is 3.72. The Labute approximate surface area is 91.3 Å². The zero-order valence-corrected chi connectivity index (χ0v) is 8.49. The van der Waals surface area contributed by atoms with Crippen LogP contribution in [-0.4, -0.2) is 18.4 Å². The molecule has 16 heavy (non-hydrogen) atoms. The summed E-state index contributed by atoms with van der Waals surface area (Å²) in [5.74, 6) is -2.94. The van der Waals surface area contributed by atoms with Crippen LogP contribution in [0, 0.1) is 17.1 Å². The number of nitrogens with zero attached hydrogens (tertiary/aromatic N) is 1. The van der Waals surface area contributed by atoms with Crippen LogP contribution in [0.15, 0.2) is 18.2 Å². The normalized spacial score (nSPS) is 9.31. The summed E-state index contributed by atoms with van der Waals surface area (Å²) < 4.78 is 17.6. The van der Waals surface area contributed by atoms with Crippen LogP contribution >= 0.6 is 0 Å². The van der Waals surface area contributed by atoms with Crippen molar-refractivity contribution in [1.82, 2.24) is 0 Å². The second-order valence-electron chi connectivity index (χ2n) is 2.82. The standard InChI is InChI=1S/C11H8FNO3/c1-2-16-11(15)10(14)7-4-3-5-9(12)8(7)6-13/h3-5H,2H2,1H3. The molecule has 4 nitrogen and oxygen atoms in total. The van der Waals surface area contributed by atoms with E-state index in [0.29, 0.717) is 0 Å². The van der Waals surface area contributed by atoms with E-state index < -0.39 is 23.1 Å². The Bertz CT molecular complexity index is 477. The fourth-order valence-electron chi connectivity index (χ4n) is 1.13. The molecule has 0 unspecified atom stereocenters. The first-order chi connectivity index (χ1) is 7.61. The maximum atomic E-state index is 13.1. The summed E-state index contributed by atoms with van der Waals surface area (Å²) in [6.07, 6.45) is 0. The monoisotopic (exact) mass is 221 g/mol. The Morgan fingerprint density at radius 1 is 1.50 bits per heavy atom. The first-order valence-corrected chi connectivity index (χ1v) is 4.51. The van der Waals surface area contributed by atoms with Gasteiger partial charge in [-0.3, -0.25) is 4.79 Å².